The summed E-state index contributed by atoms with van der Waals surface area (Å²) in [4.78, 5) is 40.5. The third-order valence-electron chi connectivity index (χ3n) is 4.78. The number of aromatic hydroxyl groups is 1. The first-order valence-electron chi connectivity index (χ1n) is 8.53. The molecule has 1 N–H and O–H groups in total. The van der Waals surface area contributed by atoms with Crippen molar-refractivity contribution in [2.45, 2.75) is 13.0 Å². The van der Waals surface area contributed by atoms with E-state index in [1.165, 1.54) is 49.1 Å². The standard InChI is InChI=1S/C19H19ClFN3O4/c1-22(2)18(27)15-12-6-7-24(9-10-8-11(20)4-5-13(10)21)17(26)14(12)16(25)19(28)23(15)3/h4-5,8,25H,6-7,9H2,1-3H3. The topological polar surface area (TPSA) is 82.9 Å². The molecule has 0 saturated heterocycles. The zero-order valence-corrected chi connectivity index (χ0v) is 16.4. The Morgan fingerprint density at radius 2 is 2.00 bits per heavy atom. The van der Waals surface area contributed by atoms with Crippen molar-refractivity contribution in [3.8, 4) is 5.75 Å². The highest BCUT2D eigenvalue weighted by Crippen LogP contribution is 2.29. The molecule has 9 heteroatoms. The van der Waals surface area contributed by atoms with Gasteiger partial charge in [-0.25, -0.2) is 4.39 Å². The second-order valence-corrected chi connectivity index (χ2v) is 7.26. The van der Waals surface area contributed by atoms with Gasteiger partial charge >= 0.3 is 0 Å². The highest BCUT2D eigenvalue weighted by molar-refractivity contribution is 6.30. The molecule has 0 bridgehead atoms. The maximum atomic E-state index is 14.1. The summed E-state index contributed by atoms with van der Waals surface area (Å²) < 4.78 is 15.1. The monoisotopic (exact) mass is 407 g/mol. The lowest BCUT2D eigenvalue weighted by Gasteiger charge is -2.31. The first kappa shape index (κ1) is 19.9. The van der Waals surface area contributed by atoms with Crippen LogP contribution in [0.15, 0.2) is 23.0 Å². The fourth-order valence-corrected chi connectivity index (χ4v) is 3.51. The maximum absolute atomic E-state index is 14.1. The van der Waals surface area contributed by atoms with Crippen LogP contribution in [0.5, 0.6) is 5.75 Å². The van der Waals surface area contributed by atoms with Crippen molar-refractivity contribution in [3.63, 3.8) is 0 Å². The number of hydrogen-bond acceptors (Lipinski definition) is 4. The van der Waals surface area contributed by atoms with Crippen LogP contribution in [-0.4, -0.2) is 51.9 Å². The molecule has 0 radical (unpaired) electrons. The average molecular weight is 408 g/mol. The normalized spacial score (nSPS) is 13.5. The van der Waals surface area contributed by atoms with E-state index in [4.69, 9.17) is 11.6 Å². The molecule has 1 aromatic heterocycles. The largest absolute Gasteiger partial charge is 0.502 e. The highest BCUT2D eigenvalue weighted by Gasteiger charge is 2.34. The van der Waals surface area contributed by atoms with E-state index < -0.39 is 28.9 Å². The maximum Gasteiger partial charge on any atom is 0.293 e. The van der Waals surface area contributed by atoms with Gasteiger partial charge in [-0.1, -0.05) is 11.6 Å². The van der Waals surface area contributed by atoms with E-state index in [1.54, 1.807) is 0 Å². The number of amides is 2. The summed E-state index contributed by atoms with van der Waals surface area (Å²) in [6.07, 6.45) is 0.236. The van der Waals surface area contributed by atoms with Crippen LogP contribution in [0.1, 0.15) is 32.0 Å². The lowest BCUT2D eigenvalue weighted by Crippen LogP contribution is -2.42. The minimum atomic E-state index is -0.840. The molecule has 28 heavy (non-hydrogen) atoms. The zero-order valence-electron chi connectivity index (χ0n) is 15.6. The first-order chi connectivity index (χ1) is 13.1. The average Bonchev–Trinajstić information content (AvgIpc) is 2.64. The van der Waals surface area contributed by atoms with Crippen LogP contribution < -0.4 is 5.56 Å². The van der Waals surface area contributed by atoms with E-state index in [0.29, 0.717) is 10.6 Å². The number of rotatable bonds is 3. The van der Waals surface area contributed by atoms with Crippen LogP contribution in [0.4, 0.5) is 4.39 Å². The molecule has 0 fully saturated rings. The quantitative estimate of drug-likeness (QED) is 0.840. The van der Waals surface area contributed by atoms with Crippen molar-refractivity contribution in [2.75, 3.05) is 20.6 Å². The summed E-state index contributed by atoms with van der Waals surface area (Å²) >= 11 is 5.90. The summed E-state index contributed by atoms with van der Waals surface area (Å²) in [7, 11) is 4.44. The van der Waals surface area contributed by atoms with E-state index in [0.717, 1.165) is 4.57 Å². The van der Waals surface area contributed by atoms with Gasteiger partial charge in [0, 0.05) is 50.4 Å². The molecule has 1 aliphatic rings. The number of aromatic nitrogens is 1. The fourth-order valence-electron chi connectivity index (χ4n) is 3.32. The molecule has 0 unspecified atom stereocenters. The molecule has 2 amide bonds. The minimum Gasteiger partial charge on any atom is -0.502 e. The second kappa shape index (κ2) is 7.27. The summed E-state index contributed by atoms with van der Waals surface area (Å²) in [5, 5.41) is 10.7. The molecule has 0 atom stereocenters. The van der Waals surface area contributed by atoms with Gasteiger partial charge in [0.1, 0.15) is 11.5 Å². The summed E-state index contributed by atoms with van der Waals surface area (Å²) in [6.45, 7) is 0.124. The number of benzene rings is 1. The lowest BCUT2D eigenvalue weighted by atomic mass is 9.95. The van der Waals surface area contributed by atoms with E-state index in [2.05, 4.69) is 0 Å². The number of hydrogen-bond donors (Lipinski definition) is 1. The molecule has 1 aliphatic heterocycles. The predicted octanol–water partition coefficient (Wildman–Crippen LogP) is 1.78. The second-order valence-electron chi connectivity index (χ2n) is 6.83. The van der Waals surface area contributed by atoms with Gasteiger partial charge < -0.3 is 19.5 Å². The number of pyridine rings is 1. The first-order valence-corrected chi connectivity index (χ1v) is 8.91. The van der Waals surface area contributed by atoms with Crippen LogP contribution in [0.3, 0.4) is 0 Å². The van der Waals surface area contributed by atoms with Crippen LogP contribution in [-0.2, 0) is 20.0 Å². The Balaban J connectivity index is 2.09. The zero-order chi connectivity index (χ0) is 20.7. The molecule has 0 spiro atoms. The van der Waals surface area contributed by atoms with Gasteiger partial charge in [0.25, 0.3) is 17.4 Å². The lowest BCUT2D eigenvalue weighted by molar-refractivity contribution is 0.0718. The molecule has 1 aromatic carbocycles. The third kappa shape index (κ3) is 3.24. The third-order valence-corrected chi connectivity index (χ3v) is 5.01. The molecule has 0 saturated carbocycles. The van der Waals surface area contributed by atoms with Gasteiger partial charge in [-0.3, -0.25) is 14.4 Å². The van der Waals surface area contributed by atoms with Gasteiger partial charge in [0.15, 0.2) is 5.75 Å². The number of carbonyl (C=O) groups is 2. The summed E-state index contributed by atoms with van der Waals surface area (Å²) in [6, 6.07) is 4.04. The smallest absolute Gasteiger partial charge is 0.293 e. The Labute approximate surface area is 165 Å². The van der Waals surface area contributed by atoms with Crippen LogP contribution in [0.25, 0.3) is 0 Å². The van der Waals surface area contributed by atoms with Gasteiger partial charge in [0.2, 0.25) is 0 Å². The number of nitrogens with zero attached hydrogens (tertiary/aromatic N) is 3. The van der Waals surface area contributed by atoms with E-state index in [-0.39, 0.29) is 36.3 Å². The van der Waals surface area contributed by atoms with E-state index in [1.807, 2.05) is 0 Å². The molecular weight excluding hydrogens is 389 g/mol. The van der Waals surface area contributed by atoms with Crippen molar-refractivity contribution in [3.05, 3.63) is 61.8 Å². The van der Waals surface area contributed by atoms with Crippen molar-refractivity contribution >= 4 is 23.4 Å². The summed E-state index contributed by atoms with van der Waals surface area (Å²) in [5.74, 6) is -2.31. The van der Waals surface area contributed by atoms with Gasteiger partial charge in [-0.2, -0.15) is 0 Å². The minimum absolute atomic E-state index is 0.0599. The fraction of sp³-hybridized carbons (Fsp3) is 0.316. The summed E-state index contributed by atoms with van der Waals surface area (Å²) in [5.41, 5.74) is -0.455. The number of fused-ring (bicyclic) bond motifs is 1. The Morgan fingerprint density at radius 1 is 1.32 bits per heavy atom. The molecule has 2 aromatic rings. The molecule has 3 rings (SSSR count). The SMILES string of the molecule is CN(C)C(=O)c1c2c(c(O)c(=O)n1C)C(=O)N(Cc1cc(Cl)ccc1F)CC2. The molecule has 148 valence electrons. The highest BCUT2D eigenvalue weighted by atomic mass is 35.5. The van der Waals surface area contributed by atoms with Crippen molar-refractivity contribution in [1.29, 1.82) is 0 Å². The van der Waals surface area contributed by atoms with Gasteiger partial charge in [-0.05, 0) is 24.6 Å². The molecule has 7 nitrogen and oxygen atoms in total. The van der Waals surface area contributed by atoms with Crippen molar-refractivity contribution in [2.24, 2.45) is 7.05 Å². The van der Waals surface area contributed by atoms with Crippen LogP contribution in [0.2, 0.25) is 5.02 Å². The molecular formula is C19H19ClFN3O4. The van der Waals surface area contributed by atoms with Crippen LogP contribution in [0, 0.1) is 5.82 Å². The van der Waals surface area contributed by atoms with Gasteiger partial charge in [-0.15, -0.1) is 0 Å². The van der Waals surface area contributed by atoms with Gasteiger partial charge in [0.05, 0.1) is 5.56 Å². The molecule has 0 aliphatic carbocycles. The predicted molar refractivity (Wildman–Crippen MR) is 101 cm³/mol. The Hall–Kier alpha value is -2.87. The van der Waals surface area contributed by atoms with E-state index >= 15 is 0 Å². The Morgan fingerprint density at radius 3 is 2.64 bits per heavy atom. The van der Waals surface area contributed by atoms with E-state index in [9.17, 15) is 23.9 Å². The van der Waals surface area contributed by atoms with Crippen molar-refractivity contribution < 1.29 is 19.1 Å². The number of halogens is 2. The van der Waals surface area contributed by atoms with Crippen molar-refractivity contribution in [1.82, 2.24) is 14.4 Å². The Kier molecular flexibility index (Phi) is 5.16. The Bertz CT molecular complexity index is 1050. The molecule has 2 heterocycles. The number of carbonyl (C=O) groups excluding carboxylic acids is 2. The van der Waals surface area contributed by atoms with Crippen LogP contribution >= 0.6 is 11.6 Å².